The number of nitro groups is 1. The summed E-state index contributed by atoms with van der Waals surface area (Å²) in [5.74, 6) is 0.263. The molecule has 0 aliphatic heterocycles. The lowest BCUT2D eigenvalue weighted by Crippen LogP contribution is -2.29. The van der Waals surface area contributed by atoms with Crippen LogP contribution in [0.1, 0.15) is 30.0 Å². The molecule has 5 nitrogen and oxygen atoms in total. The molecule has 0 aliphatic rings. The van der Waals surface area contributed by atoms with Gasteiger partial charge in [0, 0.05) is 11.6 Å². The predicted molar refractivity (Wildman–Crippen MR) is 99.5 cm³/mol. The number of phenols is 2. The minimum absolute atomic E-state index is 0.0375. The van der Waals surface area contributed by atoms with Crippen LogP contribution in [0.5, 0.6) is 11.5 Å². The molecule has 0 aliphatic carbocycles. The molecular formula is C21H19NO4. The number of rotatable bonds is 5. The van der Waals surface area contributed by atoms with E-state index in [1.807, 2.05) is 6.92 Å². The number of nitrogens with zero attached hydrogens (tertiary/aromatic N) is 1. The summed E-state index contributed by atoms with van der Waals surface area (Å²) in [5, 5.41) is 31.0. The number of hydrogen-bond donors (Lipinski definition) is 2. The molecule has 0 amide bonds. The molecule has 0 atom stereocenters. The van der Waals surface area contributed by atoms with Gasteiger partial charge in [-0.3, -0.25) is 10.1 Å². The maximum Gasteiger partial charge on any atom is 0.273 e. The summed E-state index contributed by atoms with van der Waals surface area (Å²) in [6.45, 7) is 1.97. The van der Waals surface area contributed by atoms with Gasteiger partial charge >= 0.3 is 0 Å². The Bertz CT molecular complexity index is 872. The number of nitro benzene ring substituents is 1. The van der Waals surface area contributed by atoms with Crippen molar-refractivity contribution in [3.63, 3.8) is 0 Å². The summed E-state index contributed by atoms with van der Waals surface area (Å²) in [7, 11) is 0. The lowest BCUT2D eigenvalue weighted by molar-refractivity contribution is -0.385. The number of phenolic OH excluding ortho intramolecular Hbond substituents is 2. The van der Waals surface area contributed by atoms with Gasteiger partial charge in [-0.05, 0) is 41.8 Å². The fourth-order valence-electron chi connectivity index (χ4n) is 3.56. The smallest absolute Gasteiger partial charge is 0.273 e. The molecule has 0 fully saturated rings. The van der Waals surface area contributed by atoms with Crippen LogP contribution in [0.25, 0.3) is 0 Å². The van der Waals surface area contributed by atoms with Crippen LogP contribution in [0.4, 0.5) is 5.69 Å². The van der Waals surface area contributed by atoms with E-state index >= 15 is 0 Å². The van der Waals surface area contributed by atoms with Gasteiger partial charge in [0.05, 0.1) is 10.3 Å². The second-order valence-electron chi connectivity index (χ2n) is 6.13. The SMILES string of the molecule is CCC(c1ccc(O)cc1)(c1ccc(O)cc1)c1ccccc1[N+](=O)[O-]. The van der Waals surface area contributed by atoms with Crippen LogP contribution in [0.2, 0.25) is 0 Å². The molecule has 0 unspecified atom stereocenters. The van der Waals surface area contributed by atoms with Crippen molar-refractivity contribution in [2.75, 3.05) is 0 Å². The van der Waals surface area contributed by atoms with Crippen molar-refractivity contribution in [1.82, 2.24) is 0 Å². The highest BCUT2D eigenvalue weighted by Crippen LogP contribution is 2.46. The Balaban J connectivity index is 2.37. The highest BCUT2D eigenvalue weighted by atomic mass is 16.6. The minimum atomic E-state index is -0.787. The average Bonchev–Trinajstić information content (AvgIpc) is 2.65. The quantitative estimate of drug-likeness (QED) is 0.395. The number of benzene rings is 3. The van der Waals surface area contributed by atoms with Crippen LogP contribution in [0, 0.1) is 10.1 Å². The molecule has 132 valence electrons. The molecule has 3 aromatic carbocycles. The van der Waals surface area contributed by atoms with Gasteiger partial charge in [-0.15, -0.1) is 0 Å². The first-order valence-corrected chi connectivity index (χ1v) is 8.32. The number of para-hydroxylation sites is 1. The molecule has 0 saturated heterocycles. The molecule has 5 heteroatoms. The zero-order valence-corrected chi connectivity index (χ0v) is 14.3. The normalized spacial score (nSPS) is 11.3. The lowest BCUT2D eigenvalue weighted by atomic mass is 9.67. The van der Waals surface area contributed by atoms with Gasteiger partial charge in [0.25, 0.3) is 5.69 Å². The second-order valence-corrected chi connectivity index (χ2v) is 6.13. The van der Waals surface area contributed by atoms with E-state index in [-0.39, 0.29) is 22.1 Å². The first-order valence-electron chi connectivity index (χ1n) is 8.32. The zero-order valence-electron chi connectivity index (χ0n) is 14.3. The highest BCUT2D eigenvalue weighted by Gasteiger charge is 2.39. The van der Waals surface area contributed by atoms with E-state index in [0.29, 0.717) is 12.0 Å². The third kappa shape index (κ3) is 2.88. The first-order chi connectivity index (χ1) is 12.5. The van der Waals surface area contributed by atoms with Crippen molar-refractivity contribution < 1.29 is 15.1 Å². The summed E-state index contributed by atoms with van der Waals surface area (Å²) >= 11 is 0. The van der Waals surface area contributed by atoms with Gasteiger partial charge in [-0.25, -0.2) is 0 Å². The number of aromatic hydroxyl groups is 2. The molecule has 0 aromatic heterocycles. The van der Waals surface area contributed by atoms with Crippen molar-refractivity contribution in [3.05, 3.63) is 99.6 Å². The van der Waals surface area contributed by atoms with Crippen LogP contribution < -0.4 is 0 Å². The molecule has 2 N–H and O–H groups in total. The summed E-state index contributed by atoms with van der Waals surface area (Å²) in [4.78, 5) is 11.3. The molecule has 0 heterocycles. The summed E-state index contributed by atoms with van der Waals surface area (Å²) in [6, 6.07) is 20.1. The molecule has 0 spiro atoms. The Morgan fingerprint density at radius 3 is 1.73 bits per heavy atom. The lowest BCUT2D eigenvalue weighted by Gasteiger charge is -2.34. The third-order valence-corrected chi connectivity index (χ3v) is 4.81. The van der Waals surface area contributed by atoms with Crippen molar-refractivity contribution in [2.45, 2.75) is 18.8 Å². The van der Waals surface area contributed by atoms with Crippen LogP contribution >= 0.6 is 0 Å². The van der Waals surface area contributed by atoms with E-state index < -0.39 is 5.41 Å². The summed E-state index contributed by atoms with van der Waals surface area (Å²) in [6.07, 6.45) is 0.563. The van der Waals surface area contributed by atoms with Gasteiger partial charge in [-0.1, -0.05) is 49.4 Å². The Morgan fingerprint density at radius 2 is 1.31 bits per heavy atom. The minimum Gasteiger partial charge on any atom is -0.508 e. The molecule has 0 saturated carbocycles. The summed E-state index contributed by atoms with van der Waals surface area (Å²) in [5.41, 5.74) is 1.49. The second kappa shape index (κ2) is 6.88. The largest absolute Gasteiger partial charge is 0.508 e. The van der Waals surface area contributed by atoms with Crippen LogP contribution in [-0.2, 0) is 5.41 Å². The van der Waals surface area contributed by atoms with E-state index in [2.05, 4.69) is 0 Å². The topological polar surface area (TPSA) is 83.6 Å². The van der Waals surface area contributed by atoms with Crippen LogP contribution in [0.3, 0.4) is 0 Å². The maximum absolute atomic E-state index is 11.7. The number of hydrogen-bond acceptors (Lipinski definition) is 4. The fourth-order valence-corrected chi connectivity index (χ4v) is 3.56. The molecular weight excluding hydrogens is 330 g/mol. The van der Waals surface area contributed by atoms with E-state index in [1.54, 1.807) is 66.7 Å². The average molecular weight is 349 g/mol. The van der Waals surface area contributed by atoms with E-state index in [1.165, 1.54) is 6.07 Å². The maximum atomic E-state index is 11.7. The highest BCUT2D eigenvalue weighted by molar-refractivity contribution is 5.58. The van der Waals surface area contributed by atoms with Crippen molar-refractivity contribution in [1.29, 1.82) is 0 Å². The van der Waals surface area contributed by atoms with Gasteiger partial charge in [-0.2, -0.15) is 0 Å². The van der Waals surface area contributed by atoms with Crippen molar-refractivity contribution in [2.24, 2.45) is 0 Å². The standard InChI is InChI=1S/C21H19NO4/c1-2-21(15-7-11-17(23)12-8-15,16-9-13-18(24)14-10-16)19-5-3-4-6-20(19)22(25)26/h3-14,23-24H,2H2,1H3. The van der Waals surface area contributed by atoms with Crippen molar-refractivity contribution in [3.8, 4) is 11.5 Å². The molecule has 26 heavy (non-hydrogen) atoms. The van der Waals surface area contributed by atoms with Gasteiger partial charge in [0.2, 0.25) is 0 Å². The molecule has 0 radical (unpaired) electrons. The molecule has 0 bridgehead atoms. The summed E-state index contributed by atoms with van der Waals surface area (Å²) < 4.78 is 0. The predicted octanol–water partition coefficient (Wildman–Crippen LogP) is 4.75. The molecule has 3 rings (SSSR count). The first kappa shape index (κ1) is 17.5. The zero-order chi connectivity index (χ0) is 18.7. The Labute approximate surface area is 151 Å². The van der Waals surface area contributed by atoms with Crippen LogP contribution in [-0.4, -0.2) is 15.1 Å². The van der Waals surface area contributed by atoms with E-state index in [4.69, 9.17) is 0 Å². The van der Waals surface area contributed by atoms with E-state index in [9.17, 15) is 20.3 Å². The van der Waals surface area contributed by atoms with Gasteiger partial charge in [0.15, 0.2) is 0 Å². The van der Waals surface area contributed by atoms with E-state index in [0.717, 1.165) is 11.1 Å². The van der Waals surface area contributed by atoms with Gasteiger partial charge < -0.3 is 10.2 Å². The Kier molecular flexibility index (Phi) is 4.63. The van der Waals surface area contributed by atoms with Crippen LogP contribution in [0.15, 0.2) is 72.8 Å². The third-order valence-electron chi connectivity index (χ3n) is 4.81. The Morgan fingerprint density at radius 1 is 0.846 bits per heavy atom. The van der Waals surface area contributed by atoms with Crippen molar-refractivity contribution >= 4 is 5.69 Å². The monoisotopic (exact) mass is 349 g/mol. The fraction of sp³-hybridized carbons (Fsp3) is 0.143. The Hall–Kier alpha value is -3.34. The molecule has 3 aromatic rings. The van der Waals surface area contributed by atoms with Gasteiger partial charge in [0.1, 0.15) is 11.5 Å².